The van der Waals surface area contributed by atoms with Crippen LogP contribution in [0.3, 0.4) is 0 Å². The molecule has 28 heavy (non-hydrogen) atoms. The average molecular weight is 400 g/mol. The van der Waals surface area contributed by atoms with Crippen molar-refractivity contribution in [2.24, 2.45) is 0 Å². The Morgan fingerprint density at radius 3 is 2.68 bits per heavy atom. The van der Waals surface area contributed by atoms with Crippen LogP contribution in [0.15, 0.2) is 39.5 Å². The van der Waals surface area contributed by atoms with E-state index in [0.717, 1.165) is 61.8 Å². The van der Waals surface area contributed by atoms with Crippen LogP contribution in [-0.2, 0) is 6.42 Å². The molecule has 7 heteroatoms. The van der Waals surface area contributed by atoms with E-state index in [1.807, 2.05) is 22.9 Å². The fourth-order valence-corrected chi connectivity index (χ4v) is 4.27. The smallest absolute Gasteiger partial charge is 0.230 e. The molecule has 4 rings (SSSR count). The van der Waals surface area contributed by atoms with Crippen molar-refractivity contribution in [3.63, 3.8) is 0 Å². The Balaban J connectivity index is 1.29. The third kappa shape index (κ3) is 4.20. The maximum absolute atomic E-state index is 5.54. The lowest BCUT2D eigenvalue weighted by Gasteiger charge is -2.30. The van der Waals surface area contributed by atoms with Gasteiger partial charge in [0.2, 0.25) is 11.7 Å². The second-order valence-corrected chi connectivity index (χ2v) is 7.80. The van der Waals surface area contributed by atoms with Crippen molar-refractivity contribution >= 4 is 11.3 Å². The summed E-state index contributed by atoms with van der Waals surface area (Å²) in [6.07, 6.45) is 3.10. The van der Waals surface area contributed by atoms with Gasteiger partial charge in [0, 0.05) is 23.4 Å². The lowest BCUT2D eigenvalue weighted by atomic mass is 9.96. The molecular weight excluding hydrogens is 374 g/mol. The second-order valence-electron chi connectivity index (χ2n) is 7.02. The van der Waals surface area contributed by atoms with Gasteiger partial charge in [-0.1, -0.05) is 11.2 Å². The summed E-state index contributed by atoms with van der Waals surface area (Å²) in [5.74, 6) is 3.40. The van der Waals surface area contributed by atoms with E-state index in [1.54, 1.807) is 25.6 Å². The minimum Gasteiger partial charge on any atom is -0.493 e. The zero-order valence-corrected chi connectivity index (χ0v) is 17.1. The second kappa shape index (κ2) is 8.75. The first kappa shape index (κ1) is 19.0. The van der Waals surface area contributed by atoms with Gasteiger partial charge in [-0.3, -0.25) is 0 Å². The summed E-state index contributed by atoms with van der Waals surface area (Å²) >= 11 is 1.64. The third-order valence-electron chi connectivity index (χ3n) is 5.32. The van der Waals surface area contributed by atoms with Crippen molar-refractivity contribution < 1.29 is 14.0 Å². The summed E-state index contributed by atoms with van der Waals surface area (Å²) in [6.45, 7) is 3.13. The van der Waals surface area contributed by atoms with Gasteiger partial charge >= 0.3 is 0 Å². The molecule has 0 amide bonds. The van der Waals surface area contributed by atoms with Gasteiger partial charge in [-0.05, 0) is 61.5 Å². The standard InChI is InChI=1S/C21H25N3O3S/c1-25-18-4-3-15(13-19(18)26-2)5-9-24-10-6-16(7-11-24)21-22-20(23-27-21)17-8-12-28-14-17/h3-4,8,12-14,16H,5-7,9-11H2,1-2H3. The molecule has 0 atom stereocenters. The first-order valence-corrected chi connectivity index (χ1v) is 10.5. The molecule has 0 spiro atoms. The molecule has 1 fully saturated rings. The van der Waals surface area contributed by atoms with Crippen LogP contribution in [0.25, 0.3) is 11.4 Å². The van der Waals surface area contributed by atoms with Gasteiger partial charge < -0.3 is 18.9 Å². The summed E-state index contributed by atoms with van der Waals surface area (Å²) in [5, 5.41) is 8.22. The Kier molecular flexibility index (Phi) is 5.92. The molecule has 0 aliphatic carbocycles. The van der Waals surface area contributed by atoms with Crippen LogP contribution in [0.1, 0.15) is 30.2 Å². The van der Waals surface area contributed by atoms with E-state index in [9.17, 15) is 0 Å². The summed E-state index contributed by atoms with van der Waals surface area (Å²) in [4.78, 5) is 7.12. The normalized spacial score (nSPS) is 15.6. The first-order valence-electron chi connectivity index (χ1n) is 9.56. The van der Waals surface area contributed by atoms with Crippen LogP contribution in [0.2, 0.25) is 0 Å². The van der Waals surface area contributed by atoms with Gasteiger partial charge in [0.25, 0.3) is 0 Å². The van der Waals surface area contributed by atoms with Crippen LogP contribution < -0.4 is 9.47 Å². The molecule has 2 aromatic heterocycles. The molecule has 1 aromatic carbocycles. The molecule has 0 N–H and O–H groups in total. The average Bonchev–Trinajstić information content (AvgIpc) is 3.44. The van der Waals surface area contributed by atoms with E-state index in [1.165, 1.54) is 5.56 Å². The van der Waals surface area contributed by atoms with Crippen molar-refractivity contribution in [2.75, 3.05) is 33.9 Å². The van der Waals surface area contributed by atoms with E-state index in [4.69, 9.17) is 14.0 Å². The topological polar surface area (TPSA) is 60.6 Å². The van der Waals surface area contributed by atoms with Gasteiger partial charge in [0.15, 0.2) is 11.5 Å². The molecule has 0 radical (unpaired) electrons. The number of thiophene rings is 1. The monoisotopic (exact) mass is 399 g/mol. The van der Waals surface area contributed by atoms with Gasteiger partial charge in [0.1, 0.15) is 0 Å². The molecule has 0 unspecified atom stereocenters. The van der Waals surface area contributed by atoms with Crippen LogP contribution in [-0.4, -0.2) is 48.9 Å². The van der Waals surface area contributed by atoms with E-state index in [2.05, 4.69) is 27.2 Å². The Bertz CT molecular complexity index is 886. The quantitative estimate of drug-likeness (QED) is 0.592. The zero-order valence-electron chi connectivity index (χ0n) is 16.3. The number of benzene rings is 1. The van der Waals surface area contributed by atoms with Crippen LogP contribution in [0.5, 0.6) is 11.5 Å². The predicted octanol–water partition coefficient (Wildman–Crippen LogP) is 4.24. The van der Waals surface area contributed by atoms with Crippen molar-refractivity contribution in [3.05, 3.63) is 46.5 Å². The van der Waals surface area contributed by atoms with E-state index in [-0.39, 0.29) is 0 Å². The van der Waals surface area contributed by atoms with Gasteiger partial charge in [-0.2, -0.15) is 16.3 Å². The van der Waals surface area contributed by atoms with Crippen LogP contribution in [0.4, 0.5) is 0 Å². The maximum Gasteiger partial charge on any atom is 0.230 e. The van der Waals surface area contributed by atoms with Gasteiger partial charge in [-0.25, -0.2) is 0 Å². The lowest BCUT2D eigenvalue weighted by Crippen LogP contribution is -2.34. The number of piperidine rings is 1. The molecule has 0 bridgehead atoms. The largest absolute Gasteiger partial charge is 0.493 e. The number of methoxy groups -OCH3 is 2. The molecule has 148 valence electrons. The van der Waals surface area contributed by atoms with Gasteiger partial charge in [-0.15, -0.1) is 0 Å². The molecule has 6 nitrogen and oxygen atoms in total. The molecule has 1 saturated heterocycles. The van der Waals surface area contributed by atoms with Crippen LogP contribution in [0, 0.1) is 0 Å². The summed E-state index contributed by atoms with van der Waals surface area (Å²) in [7, 11) is 3.34. The number of hydrogen-bond donors (Lipinski definition) is 0. The first-order chi connectivity index (χ1) is 13.8. The lowest BCUT2D eigenvalue weighted by molar-refractivity contribution is 0.196. The minimum absolute atomic E-state index is 0.359. The van der Waals surface area contributed by atoms with Crippen LogP contribution >= 0.6 is 11.3 Å². The van der Waals surface area contributed by atoms with Gasteiger partial charge in [0.05, 0.1) is 14.2 Å². The zero-order chi connectivity index (χ0) is 19.3. The summed E-state index contributed by atoms with van der Waals surface area (Å²) in [5.41, 5.74) is 2.30. The number of nitrogens with zero attached hydrogens (tertiary/aromatic N) is 3. The number of likely N-dealkylation sites (tertiary alicyclic amines) is 1. The molecule has 0 saturated carbocycles. The van der Waals surface area contributed by atoms with E-state index < -0.39 is 0 Å². The van der Waals surface area contributed by atoms with Crippen molar-refractivity contribution in [3.8, 4) is 22.9 Å². The fourth-order valence-electron chi connectivity index (χ4n) is 3.64. The highest BCUT2D eigenvalue weighted by Crippen LogP contribution is 2.30. The summed E-state index contributed by atoms with van der Waals surface area (Å²) < 4.78 is 16.2. The van der Waals surface area contributed by atoms with Crippen molar-refractivity contribution in [1.82, 2.24) is 15.0 Å². The minimum atomic E-state index is 0.359. The molecule has 1 aliphatic rings. The maximum atomic E-state index is 5.54. The van der Waals surface area contributed by atoms with E-state index >= 15 is 0 Å². The number of hydrogen-bond acceptors (Lipinski definition) is 7. The third-order valence-corrected chi connectivity index (χ3v) is 6.01. The highest BCUT2D eigenvalue weighted by atomic mass is 32.1. The molecule has 3 aromatic rings. The Hall–Kier alpha value is -2.38. The Morgan fingerprint density at radius 2 is 1.96 bits per heavy atom. The highest BCUT2D eigenvalue weighted by molar-refractivity contribution is 7.08. The molecule has 1 aliphatic heterocycles. The number of ether oxygens (including phenoxy) is 2. The highest BCUT2D eigenvalue weighted by Gasteiger charge is 2.25. The predicted molar refractivity (Wildman–Crippen MR) is 109 cm³/mol. The fraction of sp³-hybridized carbons (Fsp3) is 0.429. The SMILES string of the molecule is COc1ccc(CCN2CCC(c3nc(-c4ccsc4)no3)CC2)cc1OC. The molecular formula is C21H25N3O3S. The number of rotatable bonds is 7. The Labute approximate surface area is 169 Å². The van der Waals surface area contributed by atoms with Crippen molar-refractivity contribution in [2.45, 2.75) is 25.2 Å². The number of aromatic nitrogens is 2. The van der Waals surface area contributed by atoms with E-state index in [0.29, 0.717) is 11.7 Å². The summed E-state index contributed by atoms with van der Waals surface area (Å²) in [6, 6.07) is 8.17. The molecule has 3 heterocycles. The Morgan fingerprint density at radius 1 is 1.14 bits per heavy atom. The van der Waals surface area contributed by atoms with Crippen molar-refractivity contribution in [1.29, 1.82) is 0 Å².